The first-order valence-corrected chi connectivity index (χ1v) is 10.8. The van der Waals surface area contributed by atoms with Crippen LogP contribution in [0, 0.1) is 27.4 Å². The van der Waals surface area contributed by atoms with E-state index in [1.165, 1.54) is 31.2 Å². The zero-order chi connectivity index (χ0) is 25.3. The fourth-order valence-electron chi connectivity index (χ4n) is 3.48. The number of rotatable bonds is 10. The van der Waals surface area contributed by atoms with Crippen molar-refractivity contribution in [1.29, 1.82) is 5.26 Å². The van der Waals surface area contributed by atoms with Gasteiger partial charge in [-0.25, -0.2) is 0 Å². The number of carbonyl (C=O) groups excluding carboxylic acids is 2. The maximum atomic E-state index is 13.1. The van der Waals surface area contributed by atoms with Gasteiger partial charge in [-0.15, -0.1) is 0 Å². The molecule has 178 valence electrons. The van der Waals surface area contributed by atoms with Gasteiger partial charge in [0.05, 0.1) is 16.5 Å². The Hall–Kier alpha value is -4.19. The van der Waals surface area contributed by atoms with Crippen LogP contribution in [0.1, 0.15) is 38.3 Å². The number of aliphatic hydroxyl groups is 1. The molecule has 0 aliphatic carbocycles. The number of nitrogens with zero attached hydrogens (tertiary/aromatic N) is 2. The molecule has 2 amide bonds. The summed E-state index contributed by atoms with van der Waals surface area (Å²) in [5.41, 5.74) is 0.816. The molecule has 0 radical (unpaired) electrons. The van der Waals surface area contributed by atoms with E-state index < -0.39 is 22.9 Å². The summed E-state index contributed by atoms with van der Waals surface area (Å²) < 4.78 is 0. The molecule has 0 heterocycles. The van der Waals surface area contributed by atoms with Crippen LogP contribution in [0.5, 0.6) is 0 Å². The number of amides is 2. The third kappa shape index (κ3) is 7.45. The van der Waals surface area contributed by atoms with E-state index in [0.29, 0.717) is 6.42 Å². The summed E-state index contributed by atoms with van der Waals surface area (Å²) in [6.45, 7) is 5.16. The average molecular weight is 465 g/mol. The predicted molar refractivity (Wildman–Crippen MR) is 127 cm³/mol. The topological polar surface area (TPSA) is 145 Å². The van der Waals surface area contributed by atoms with Gasteiger partial charge >= 0.3 is 0 Å². The Morgan fingerprint density at radius 3 is 2.18 bits per heavy atom. The van der Waals surface area contributed by atoms with Crippen LogP contribution >= 0.6 is 0 Å². The van der Waals surface area contributed by atoms with Crippen LogP contribution in [-0.4, -0.2) is 33.9 Å². The Labute approximate surface area is 198 Å². The molecule has 0 fully saturated rings. The number of aliphatic hydroxyl groups excluding tert-OH is 1. The minimum Gasteiger partial charge on any atom is -0.509 e. The lowest BCUT2D eigenvalue weighted by Crippen LogP contribution is -2.50. The average Bonchev–Trinajstić information content (AvgIpc) is 2.79. The highest BCUT2D eigenvalue weighted by Gasteiger charge is 2.27. The molecular weight excluding hydrogens is 436 g/mol. The van der Waals surface area contributed by atoms with E-state index >= 15 is 0 Å². The Balaban J connectivity index is 2.45. The van der Waals surface area contributed by atoms with Crippen LogP contribution < -0.4 is 10.6 Å². The van der Waals surface area contributed by atoms with Crippen LogP contribution in [0.15, 0.2) is 60.4 Å². The number of benzene rings is 2. The van der Waals surface area contributed by atoms with E-state index in [-0.39, 0.29) is 40.8 Å². The number of nitro groups is 1. The van der Waals surface area contributed by atoms with E-state index in [0.717, 1.165) is 5.56 Å². The van der Waals surface area contributed by atoms with Crippen LogP contribution in [0.3, 0.4) is 0 Å². The van der Waals surface area contributed by atoms with Crippen molar-refractivity contribution in [2.24, 2.45) is 5.92 Å². The quantitative estimate of drug-likeness (QED) is 0.212. The summed E-state index contributed by atoms with van der Waals surface area (Å²) in [4.78, 5) is 35.1. The maximum absolute atomic E-state index is 13.1. The van der Waals surface area contributed by atoms with E-state index in [9.17, 15) is 30.1 Å². The van der Waals surface area contributed by atoms with Gasteiger partial charge in [-0.1, -0.05) is 44.2 Å². The van der Waals surface area contributed by atoms with Crippen LogP contribution in [0.2, 0.25) is 0 Å². The monoisotopic (exact) mass is 464 g/mol. The van der Waals surface area contributed by atoms with Crippen molar-refractivity contribution in [3.63, 3.8) is 0 Å². The summed E-state index contributed by atoms with van der Waals surface area (Å²) in [6, 6.07) is 14.5. The van der Waals surface area contributed by atoms with Crippen molar-refractivity contribution >= 4 is 23.1 Å². The van der Waals surface area contributed by atoms with E-state index in [1.54, 1.807) is 0 Å². The Morgan fingerprint density at radius 1 is 1.06 bits per heavy atom. The lowest BCUT2D eigenvalue weighted by molar-refractivity contribution is -0.384. The SMILES string of the molecule is CC(=O)N[C@@H](CC(C)C)C(=O)N[C@@H](Cc1ccccc1)/C(O)=C(\C#N)c1ccc([N+](=O)[O-])cc1. The number of hydrogen-bond donors (Lipinski definition) is 3. The molecule has 9 heteroatoms. The Kier molecular flexibility index (Phi) is 9.32. The first-order valence-electron chi connectivity index (χ1n) is 10.8. The summed E-state index contributed by atoms with van der Waals surface area (Å²) in [5.74, 6) is -1.10. The normalized spacial score (nSPS) is 13.3. The molecule has 0 bridgehead atoms. The lowest BCUT2D eigenvalue weighted by Gasteiger charge is -2.24. The van der Waals surface area contributed by atoms with Gasteiger partial charge in [0.15, 0.2) is 0 Å². The number of nitro benzene ring substituents is 1. The van der Waals surface area contributed by atoms with Gasteiger partial charge in [-0.05, 0) is 42.0 Å². The van der Waals surface area contributed by atoms with Crippen molar-refractivity contribution in [3.05, 3.63) is 81.6 Å². The number of allylic oxidation sites excluding steroid dienone is 1. The second-order valence-corrected chi connectivity index (χ2v) is 8.31. The summed E-state index contributed by atoms with van der Waals surface area (Å²) in [7, 11) is 0. The second kappa shape index (κ2) is 12.2. The number of non-ortho nitro benzene ring substituents is 1. The Morgan fingerprint density at radius 2 is 1.68 bits per heavy atom. The molecule has 2 atom stereocenters. The molecule has 0 aliphatic heterocycles. The molecule has 9 nitrogen and oxygen atoms in total. The minimum absolute atomic E-state index is 0.115. The van der Waals surface area contributed by atoms with Gasteiger partial charge in [0, 0.05) is 19.1 Å². The second-order valence-electron chi connectivity index (χ2n) is 8.31. The standard InChI is InChI=1S/C25H28N4O5/c1-16(2)13-23(27-17(3)30)25(32)28-22(14-18-7-5-4-6-8-18)24(31)21(15-26)19-9-11-20(12-10-19)29(33)34/h4-12,16,22-23,31H,13-14H2,1-3H3,(H,27,30)(H,28,32)/b24-21-/t22-,23-/m0/s1. The van der Waals surface area contributed by atoms with Crippen molar-refractivity contribution in [2.75, 3.05) is 0 Å². The molecule has 0 saturated heterocycles. The minimum atomic E-state index is -0.969. The zero-order valence-corrected chi connectivity index (χ0v) is 19.3. The van der Waals surface area contributed by atoms with Crippen molar-refractivity contribution in [3.8, 4) is 6.07 Å². The smallest absolute Gasteiger partial charge is 0.269 e. The van der Waals surface area contributed by atoms with Crippen LogP contribution in [0.4, 0.5) is 5.69 Å². The fraction of sp³-hybridized carbons (Fsp3) is 0.320. The highest BCUT2D eigenvalue weighted by molar-refractivity contribution is 5.88. The fourth-order valence-corrected chi connectivity index (χ4v) is 3.48. The highest BCUT2D eigenvalue weighted by Crippen LogP contribution is 2.23. The summed E-state index contributed by atoms with van der Waals surface area (Å²) >= 11 is 0. The number of nitrogens with one attached hydrogen (secondary N) is 2. The van der Waals surface area contributed by atoms with Gasteiger partial charge in [0.2, 0.25) is 11.8 Å². The van der Waals surface area contributed by atoms with Gasteiger partial charge in [-0.3, -0.25) is 19.7 Å². The third-order valence-corrected chi connectivity index (χ3v) is 5.07. The molecule has 0 unspecified atom stereocenters. The summed E-state index contributed by atoms with van der Waals surface area (Å²) in [6.07, 6.45) is 0.576. The molecular formula is C25H28N4O5. The largest absolute Gasteiger partial charge is 0.509 e. The molecule has 0 aliphatic rings. The van der Waals surface area contributed by atoms with Gasteiger partial charge in [-0.2, -0.15) is 5.26 Å². The predicted octanol–water partition coefficient (Wildman–Crippen LogP) is 3.67. The maximum Gasteiger partial charge on any atom is 0.269 e. The van der Waals surface area contributed by atoms with Crippen molar-refractivity contribution < 1.29 is 19.6 Å². The molecule has 2 aromatic rings. The molecule has 0 aromatic heterocycles. The Bertz CT molecular complexity index is 1090. The van der Waals surface area contributed by atoms with Gasteiger partial charge in [0.25, 0.3) is 5.69 Å². The molecule has 2 rings (SSSR count). The van der Waals surface area contributed by atoms with Gasteiger partial charge in [0.1, 0.15) is 17.9 Å². The lowest BCUT2D eigenvalue weighted by atomic mass is 9.96. The molecule has 3 N–H and O–H groups in total. The van der Waals surface area contributed by atoms with Crippen LogP contribution in [-0.2, 0) is 16.0 Å². The molecule has 0 saturated carbocycles. The van der Waals surface area contributed by atoms with E-state index in [1.807, 2.05) is 50.2 Å². The van der Waals surface area contributed by atoms with E-state index in [2.05, 4.69) is 10.6 Å². The van der Waals surface area contributed by atoms with Gasteiger partial charge < -0.3 is 15.7 Å². The number of hydrogen-bond acceptors (Lipinski definition) is 6. The van der Waals surface area contributed by atoms with E-state index in [4.69, 9.17) is 0 Å². The van der Waals surface area contributed by atoms with Crippen molar-refractivity contribution in [2.45, 2.75) is 45.7 Å². The molecule has 0 spiro atoms. The third-order valence-electron chi connectivity index (χ3n) is 5.07. The molecule has 34 heavy (non-hydrogen) atoms. The van der Waals surface area contributed by atoms with Crippen LogP contribution in [0.25, 0.3) is 5.57 Å². The number of nitriles is 1. The first-order chi connectivity index (χ1) is 16.1. The highest BCUT2D eigenvalue weighted by atomic mass is 16.6. The first kappa shape index (κ1) is 26.1. The zero-order valence-electron chi connectivity index (χ0n) is 19.3. The number of carbonyl (C=O) groups is 2. The molecule has 2 aromatic carbocycles. The van der Waals surface area contributed by atoms with Crippen molar-refractivity contribution in [1.82, 2.24) is 10.6 Å². The summed E-state index contributed by atoms with van der Waals surface area (Å²) in [5, 5.41) is 37.2.